The number of hydrogen-bond acceptors (Lipinski definition) is 4. The van der Waals surface area contributed by atoms with Gasteiger partial charge < -0.3 is 9.64 Å². The minimum absolute atomic E-state index is 0.133. The van der Waals surface area contributed by atoms with Gasteiger partial charge in [0.05, 0.1) is 29.2 Å². The van der Waals surface area contributed by atoms with Crippen molar-refractivity contribution in [3.63, 3.8) is 0 Å². The summed E-state index contributed by atoms with van der Waals surface area (Å²) < 4.78 is 19.0. The Morgan fingerprint density at radius 3 is 2.70 bits per heavy atom. The standard InChI is InChI=1S/C14H13ClFN3O/c1-20-10-7-19(8-10)9-2-3-13(17-5-9)11-6-18-14(15)4-12(11)16/h2-6,10H,7-8H2,1H3. The van der Waals surface area contributed by atoms with Crippen LogP contribution in [-0.2, 0) is 4.74 Å². The van der Waals surface area contributed by atoms with Crippen molar-refractivity contribution in [1.82, 2.24) is 9.97 Å². The van der Waals surface area contributed by atoms with Gasteiger partial charge in [0.2, 0.25) is 0 Å². The summed E-state index contributed by atoms with van der Waals surface area (Å²) >= 11 is 5.63. The molecule has 1 fully saturated rings. The van der Waals surface area contributed by atoms with Crippen LogP contribution >= 0.6 is 11.6 Å². The van der Waals surface area contributed by atoms with Crippen molar-refractivity contribution in [3.05, 3.63) is 41.6 Å². The maximum Gasteiger partial charge on any atom is 0.137 e. The number of pyridine rings is 2. The van der Waals surface area contributed by atoms with Crippen molar-refractivity contribution in [1.29, 1.82) is 0 Å². The minimum Gasteiger partial charge on any atom is -0.378 e. The first-order valence-electron chi connectivity index (χ1n) is 6.22. The second-order valence-corrected chi connectivity index (χ2v) is 5.04. The second kappa shape index (κ2) is 5.34. The first-order valence-corrected chi connectivity index (χ1v) is 6.60. The van der Waals surface area contributed by atoms with Gasteiger partial charge in [-0.25, -0.2) is 9.37 Å². The van der Waals surface area contributed by atoms with E-state index in [4.69, 9.17) is 16.3 Å². The van der Waals surface area contributed by atoms with Crippen LogP contribution in [0.25, 0.3) is 11.3 Å². The number of halogens is 2. The molecular weight excluding hydrogens is 281 g/mol. The molecule has 0 amide bonds. The molecule has 1 saturated heterocycles. The van der Waals surface area contributed by atoms with Crippen LogP contribution in [0.4, 0.5) is 10.1 Å². The molecule has 2 aromatic heterocycles. The Hall–Kier alpha value is -1.72. The highest BCUT2D eigenvalue weighted by atomic mass is 35.5. The van der Waals surface area contributed by atoms with Gasteiger partial charge in [0.25, 0.3) is 0 Å². The van der Waals surface area contributed by atoms with E-state index in [0.717, 1.165) is 18.8 Å². The molecule has 0 radical (unpaired) electrons. The van der Waals surface area contributed by atoms with Crippen LogP contribution in [-0.4, -0.2) is 36.3 Å². The lowest BCUT2D eigenvalue weighted by molar-refractivity contribution is 0.0787. The van der Waals surface area contributed by atoms with E-state index in [9.17, 15) is 4.39 Å². The third kappa shape index (κ3) is 2.46. The predicted octanol–water partition coefficient (Wildman–Crippen LogP) is 2.77. The van der Waals surface area contributed by atoms with Gasteiger partial charge in [-0.3, -0.25) is 4.98 Å². The van der Waals surface area contributed by atoms with Crippen LogP contribution in [0, 0.1) is 5.82 Å². The van der Waals surface area contributed by atoms with E-state index in [-0.39, 0.29) is 11.3 Å². The van der Waals surface area contributed by atoms with Gasteiger partial charge in [-0.05, 0) is 12.1 Å². The molecule has 6 heteroatoms. The lowest BCUT2D eigenvalue weighted by Gasteiger charge is -2.39. The smallest absolute Gasteiger partial charge is 0.137 e. The van der Waals surface area contributed by atoms with Gasteiger partial charge in [0, 0.05) is 32.5 Å². The molecule has 0 aliphatic carbocycles. The Kier molecular flexibility index (Phi) is 3.54. The molecule has 3 rings (SSSR count). The van der Waals surface area contributed by atoms with E-state index >= 15 is 0 Å². The van der Waals surface area contributed by atoms with Crippen molar-refractivity contribution >= 4 is 17.3 Å². The zero-order valence-electron chi connectivity index (χ0n) is 10.9. The summed E-state index contributed by atoms with van der Waals surface area (Å²) in [6, 6.07) is 4.89. The molecule has 1 aliphatic heterocycles. The summed E-state index contributed by atoms with van der Waals surface area (Å²) in [4.78, 5) is 10.3. The minimum atomic E-state index is -0.423. The van der Waals surface area contributed by atoms with E-state index in [1.807, 2.05) is 6.07 Å². The van der Waals surface area contributed by atoms with Crippen LogP contribution in [0.3, 0.4) is 0 Å². The zero-order chi connectivity index (χ0) is 14.1. The van der Waals surface area contributed by atoms with Crippen molar-refractivity contribution in [2.75, 3.05) is 25.1 Å². The van der Waals surface area contributed by atoms with Gasteiger partial charge in [-0.2, -0.15) is 0 Å². The highest BCUT2D eigenvalue weighted by molar-refractivity contribution is 6.29. The number of aromatic nitrogens is 2. The lowest BCUT2D eigenvalue weighted by atomic mass is 10.1. The van der Waals surface area contributed by atoms with E-state index in [1.165, 1.54) is 12.3 Å². The van der Waals surface area contributed by atoms with E-state index in [1.54, 1.807) is 19.4 Å². The third-order valence-corrected chi connectivity index (χ3v) is 3.60. The summed E-state index contributed by atoms with van der Waals surface area (Å²) in [7, 11) is 1.71. The Morgan fingerprint density at radius 2 is 2.10 bits per heavy atom. The Bertz CT molecular complexity index is 614. The maximum absolute atomic E-state index is 13.8. The number of methoxy groups -OCH3 is 1. The van der Waals surface area contributed by atoms with Crippen LogP contribution in [0.1, 0.15) is 0 Å². The largest absolute Gasteiger partial charge is 0.378 e. The van der Waals surface area contributed by atoms with Crippen LogP contribution < -0.4 is 4.90 Å². The fraction of sp³-hybridized carbons (Fsp3) is 0.286. The number of rotatable bonds is 3. The van der Waals surface area contributed by atoms with Crippen LogP contribution in [0.5, 0.6) is 0 Å². The van der Waals surface area contributed by atoms with Crippen molar-refractivity contribution in [3.8, 4) is 11.3 Å². The molecule has 0 saturated carbocycles. The third-order valence-electron chi connectivity index (χ3n) is 3.39. The number of nitrogens with zero attached hydrogens (tertiary/aromatic N) is 3. The zero-order valence-corrected chi connectivity index (χ0v) is 11.6. The second-order valence-electron chi connectivity index (χ2n) is 4.65. The molecule has 0 aromatic carbocycles. The quantitative estimate of drug-likeness (QED) is 0.816. The molecule has 0 spiro atoms. The summed E-state index contributed by atoms with van der Waals surface area (Å²) in [5.74, 6) is -0.423. The van der Waals surface area contributed by atoms with Crippen molar-refractivity contribution in [2.45, 2.75) is 6.10 Å². The lowest BCUT2D eigenvalue weighted by Crippen LogP contribution is -2.51. The summed E-state index contributed by atoms with van der Waals surface area (Å²) in [5, 5.41) is 0.133. The first kappa shape index (κ1) is 13.3. The number of anilines is 1. The molecule has 3 heterocycles. The van der Waals surface area contributed by atoms with Gasteiger partial charge in [-0.15, -0.1) is 0 Å². The van der Waals surface area contributed by atoms with Gasteiger partial charge in [0.1, 0.15) is 11.0 Å². The fourth-order valence-corrected chi connectivity index (χ4v) is 2.27. The maximum atomic E-state index is 13.8. The van der Waals surface area contributed by atoms with E-state index in [0.29, 0.717) is 11.3 Å². The summed E-state index contributed by atoms with van der Waals surface area (Å²) in [6.07, 6.45) is 3.41. The molecule has 1 aliphatic rings. The molecule has 104 valence electrons. The van der Waals surface area contributed by atoms with Crippen molar-refractivity contribution < 1.29 is 9.13 Å². The Morgan fingerprint density at radius 1 is 1.30 bits per heavy atom. The predicted molar refractivity (Wildman–Crippen MR) is 75.4 cm³/mol. The highest BCUT2D eigenvalue weighted by Crippen LogP contribution is 2.26. The average molecular weight is 294 g/mol. The summed E-state index contributed by atoms with van der Waals surface area (Å²) in [6.45, 7) is 1.71. The molecule has 0 bridgehead atoms. The average Bonchev–Trinajstić information content (AvgIpc) is 2.39. The van der Waals surface area contributed by atoms with E-state index in [2.05, 4.69) is 14.9 Å². The van der Waals surface area contributed by atoms with Gasteiger partial charge in [0.15, 0.2) is 0 Å². The topological polar surface area (TPSA) is 38.2 Å². The first-order chi connectivity index (χ1) is 9.67. The SMILES string of the molecule is COC1CN(c2ccc(-c3cnc(Cl)cc3F)nc2)C1. The number of ether oxygens (including phenoxy) is 1. The monoisotopic (exact) mass is 293 g/mol. The number of hydrogen-bond donors (Lipinski definition) is 0. The molecule has 20 heavy (non-hydrogen) atoms. The van der Waals surface area contributed by atoms with Crippen LogP contribution in [0.15, 0.2) is 30.6 Å². The van der Waals surface area contributed by atoms with Crippen LogP contribution in [0.2, 0.25) is 5.15 Å². The molecule has 0 unspecified atom stereocenters. The Balaban J connectivity index is 1.79. The molecule has 0 atom stereocenters. The summed E-state index contributed by atoms with van der Waals surface area (Å²) in [5.41, 5.74) is 1.89. The molecule has 4 nitrogen and oxygen atoms in total. The normalized spacial score (nSPS) is 15.2. The molecular formula is C14H13ClFN3O. The fourth-order valence-electron chi connectivity index (χ4n) is 2.13. The Labute approximate surface area is 121 Å². The highest BCUT2D eigenvalue weighted by Gasteiger charge is 2.26. The van der Waals surface area contributed by atoms with E-state index < -0.39 is 5.82 Å². The molecule has 0 N–H and O–H groups in total. The van der Waals surface area contributed by atoms with Gasteiger partial charge >= 0.3 is 0 Å². The van der Waals surface area contributed by atoms with Gasteiger partial charge in [-0.1, -0.05) is 11.6 Å². The molecule has 2 aromatic rings. The van der Waals surface area contributed by atoms with Crippen molar-refractivity contribution in [2.24, 2.45) is 0 Å².